The Morgan fingerprint density at radius 3 is 2.59 bits per heavy atom. The highest BCUT2D eigenvalue weighted by molar-refractivity contribution is 7.80. The molecule has 0 bridgehead atoms. The predicted octanol–water partition coefficient (Wildman–Crippen LogP) is 6.31. The molecule has 160 valence electrons. The molecule has 2 aromatic heterocycles. The summed E-state index contributed by atoms with van der Waals surface area (Å²) in [6.07, 6.45) is 0. The number of thiocarbonyl (C=S) groups is 1. The summed E-state index contributed by atoms with van der Waals surface area (Å²) in [5, 5.41) is 11.0. The topological polar surface area (TPSA) is 54.2 Å². The SMILES string of the molecule is CC1=C(c2nc(-c3cccs3)no2)C(c2ccc(Cl)cc2)NC(=S)N1Cc1ccccc1. The van der Waals surface area contributed by atoms with Crippen molar-refractivity contribution in [3.63, 3.8) is 0 Å². The van der Waals surface area contributed by atoms with Crippen LogP contribution in [0.3, 0.4) is 0 Å². The lowest BCUT2D eigenvalue weighted by Gasteiger charge is -2.37. The largest absolute Gasteiger partial charge is 0.351 e. The second-order valence-electron chi connectivity index (χ2n) is 7.41. The zero-order valence-electron chi connectivity index (χ0n) is 17.2. The molecule has 0 amide bonds. The number of nitrogens with one attached hydrogen (secondary N) is 1. The van der Waals surface area contributed by atoms with Crippen LogP contribution in [0.5, 0.6) is 0 Å². The Balaban J connectivity index is 1.60. The van der Waals surface area contributed by atoms with Gasteiger partial charge in [-0.25, -0.2) is 0 Å². The van der Waals surface area contributed by atoms with Crippen LogP contribution in [0.1, 0.15) is 30.0 Å². The molecule has 0 spiro atoms. The minimum absolute atomic E-state index is 0.233. The molecule has 5 nitrogen and oxygen atoms in total. The van der Waals surface area contributed by atoms with Crippen molar-refractivity contribution in [1.82, 2.24) is 20.4 Å². The first kappa shape index (κ1) is 20.9. The molecule has 5 rings (SSSR count). The van der Waals surface area contributed by atoms with E-state index in [-0.39, 0.29) is 6.04 Å². The summed E-state index contributed by atoms with van der Waals surface area (Å²) >= 11 is 13.5. The molecule has 0 saturated heterocycles. The van der Waals surface area contributed by atoms with Crippen molar-refractivity contribution in [2.45, 2.75) is 19.5 Å². The molecular weight excluding hydrogens is 460 g/mol. The smallest absolute Gasteiger partial charge is 0.258 e. The van der Waals surface area contributed by atoms with Gasteiger partial charge in [0.2, 0.25) is 5.82 Å². The Kier molecular flexibility index (Phi) is 5.78. The van der Waals surface area contributed by atoms with Crippen LogP contribution < -0.4 is 5.32 Å². The van der Waals surface area contributed by atoms with Gasteiger partial charge in [-0.2, -0.15) is 4.98 Å². The number of aromatic nitrogens is 2. The summed E-state index contributed by atoms with van der Waals surface area (Å²) in [4.78, 5) is 7.76. The van der Waals surface area contributed by atoms with E-state index in [1.165, 1.54) is 0 Å². The fraction of sp³-hybridized carbons (Fsp3) is 0.125. The van der Waals surface area contributed by atoms with Crippen LogP contribution in [0.2, 0.25) is 5.02 Å². The number of benzene rings is 2. The molecule has 0 radical (unpaired) electrons. The number of hydrogen-bond donors (Lipinski definition) is 1. The van der Waals surface area contributed by atoms with Crippen molar-refractivity contribution >= 4 is 45.8 Å². The van der Waals surface area contributed by atoms with Crippen LogP contribution in [-0.2, 0) is 6.54 Å². The van der Waals surface area contributed by atoms with E-state index < -0.39 is 0 Å². The highest BCUT2D eigenvalue weighted by atomic mass is 35.5. The molecule has 1 atom stereocenters. The van der Waals surface area contributed by atoms with E-state index in [0.29, 0.717) is 28.4 Å². The van der Waals surface area contributed by atoms with E-state index in [1.54, 1.807) is 11.3 Å². The summed E-state index contributed by atoms with van der Waals surface area (Å²) in [5.74, 6) is 1.05. The van der Waals surface area contributed by atoms with E-state index in [2.05, 4.69) is 27.5 Å². The normalized spacial score (nSPS) is 16.4. The van der Waals surface area contributed by atoms with Gasteiger partial charge < -0.3 is 14.7 Å². The molecule has 1 unspecified atom stereocenters. The van der Waals surface area contributed by atoms with Crippen LogP contribution in [0, 0.1) is 0 Å². The highest BCUT2D eigenvalue weighted by Gasteiger charge is 2.34. The van der Waals surface area contributed by atoms with Crippen LogP contribution in [-0.4, -0.2) is 20.2 Å². The van der Waals surface area contributed by atoms with Crippen LogP contribution in [0.4, 0.5) is 0 Å². The molecular formula is C24H19ClN4OS2. The second-order valence-corrected chi connectivity index (χ2v) is 9.18. The van der Waals surface area contributed by atoms with Gasteiger partial charge in [0.1, 0.15) is 0 Å². The molecule has 0 fully saturated rings. The summed E-state index contributed by atoms with van der Waals surface area (Å²) in [6, 6.07) is 21.7. The summed E-state index contributed by atoms with van der Waals surface area (Å²) in [5.41, 5.74) is 4.04. The monoisotopic (exact) mass is 478 g/mol. The van der Waals surface area contributed by atoms with Crippen molar-refractivity contribution in [3.8, 4) is 10.7 Å². The van der Waals surface area contributed by atoms with Crippen LogP contribution >= 0.6 is 35.2 Å². The number of thiophene rings is 1. The van der Waals surface area contributed by atoms with Gasteiger partial charge in [-0.3, -0.25) is 0 Å². The van der Waals surface area contributed by atoms with Crippen molar-refractivity contribution in [1.29, 1.82) is 0 Å². The molecule has 2 aromatic carbocycles. The minimum Gasteiger partial charge on any atom is -0.351 e. The van der Waals surface area contributed by atoms with Gasteiger partial charge in [0.05, 0.1) is 16.5 Å². The summed E-state index contributed by atoms with van der Waals surface area (Å²) < 4.78 is 5.76. The first-order valence-corrected chi connectivity index (χ1v) is 11.7. The second kappa shape index (κ2) is 8.86. The maximum Gasteiger partial charge on any atom is 0.258 e. The molecule has 0 saturated carbocycles. The molecule has 1 aliphatic heterocycles. The van der Waals surface area contributed by atoms with Gasteiger partial charge in [-0.15, -0.1) is 11.3 Å². The predicted molar refractivity (Wildman–Crippen MR) is 132 cm³/mol. The van der Waals surface area contributed by atoms with E-state index in [4.69, 9.17) is 33.3 Å². The fourth-order valence-electron chi connectivity index (χ4n) is 3.76. The van der Waals surface area contributed by atoms with E-state index in [1.807, 2.05) is 66.9 Å². The Labute approximate surface area is 200 Å². The van der Waals surface area contributed by atoms with Gasteiger partial charge in [0, 0.05) is 17.3 Å². The Hall–Kier alpha value is -3.00. The molecule has 1 aliphatic rings. The van der Waals surface area contributed by atoms with Crippen molar-refractivity contribution in [2.24, 2.45) is 0 Å². The Bertz CT molecular complexity index is 1270. The zero-order valence-corrected chi connectivity index (χ0v) is 19.5. The zero-order chi connectivity index (χ0) is 22.1. The van der Waals surface area contributed by atoms with Gasteiger partial charge >= 0.3 is 0 Å². The third-order valence-corrected chi connectivity index (χ3v) is 6.84. The quantitative estimate of drug-likeness (QED) is 0.339. The van der Waals surface area contributed by atoms with E-state index in [9.17, 15) is 0 Å². The van der Waals surface area contributed by atoms with E-state index in [0.717, 1.165) is 27.3 Å². The van der Waals surface area contributed by atoms with Crippen LogP contribution in [0.25, 0.3) is 16.3 Å². The third-order valence-electron chi connectivity index (χ3n) is 5.38. The lowest BCUT2D eigenvalue weighted by atomic mass is 9.94. The molecule has 4 aromatic rings. The van der Waals surface area contributed by atoms with Gasteiger partial charge in [-0.1, -0.05) is 65.3 Å². The molecule has 3 heterocycles. The average molecular weight is 479 g/mol. The van der Waals surface area contributed by atoms with Crippen molar-refractivity contribution < 1.29 is 4.52 Å². The average Bonchev–Trinajstić information content (AvgIpc) is 3.50. The molecule has 8 heteroatoms. The number of allylic oxidation sites excluding steroid dienone is 1. The van der Waals surface area contributed by atoms with E-state index >= 15 is 0 Å². The van der Waals surface area contributed by atoms with Crippen molar-refractivity contribution in [2.75, 3.05) is 0 Å². The summed E-state index contributed by atoms with van der Waals surface area (Å²) in [7, 11) is 0. The third kappa shape index (κ3) is 4.07. The van der Waals surface area contributed by atoms with Crippen LogP contribution in [0.15, 0.2) is 82.3 Å². The standard InChI is InChI=1S/C24H19ClN4OS2/c1-15-20(23-27-22(28-30-23)19-8-5-13-32-19)21(17-9-11-18(25)12-10-17)26-24(31)29(15)14-16-6-3-2-4-7-16/h2-13,21H,14H2,1H3,(H,26,31). The van der Waals surface area contributed by atoms with Crippen molar-refractivity contribution in [3.05, 3.63) is 99.8 Å². The Morgan fingerprint density at radius 1 is 1.09 bits per heavy atom. The number of rotatable bonds is 5. The lowest BCUT2D eigenvalue weighted by molar-refractivity contribution is 0.396. The maximum atomic E-state index is 6.13. The molecule has 1 N–H and O–H groups in total. The first-order chi connectivity index (χ1) is 15.6. The highest BCUT2D eigenvalue weighted by Crippen LogP contribution is 2.38. The number of hydrogen-bond acceptors (Lipinski definition) is 5. The maximum absolute atomic E-state index is 6.13. The molecule has 32 heavy (non-hydrogen) atoms. The number of halogens is 1. The Morgan fingerprint density at radius 2 is 1.88 bits per heavy atom. The molecule has 0 aliphatic carbocycles. The van der Waals surface area contributed by atoms with Gasteiger partial charge in [0.15, 0.2) is 5.11 Å². The lowest BCUT2D eigenvalue weighted by Crippen LogP contribution is -2.45. The first-order valence-electron chi connectivity index (χ1n) is 10.1. The van der Waals surface area contributed by atoms with Gasteiger partial charge in [-0.05, 0) is 53.8 Å². The van der Waals surface area contributed by atoms with Gasteiger partial charge in [0.25, 0.3) is 5.89 Å². The summed E-state index contributed by atoms with van der Waals surface area (Å²) in [6.45, 7) is 2.69. The minimum atomic E-state index is -0.233. The number of nitrogens with zero attached hydrogens (tertiary/aromatic N) is 3. The fourth-order valence-corrected chi connectivity index (χ4v) is 4.85.